The van der Waals surface area contributed by atoms with E-state index in [-0.39, 0.29) is 5.91 Å². The zero-order chi connectivity index (χ0) is 12.3. The second-order valence-electron chi connectivity index (χ2n) is 4.87. The van der Waals surface area contributed by atoms with E-state index in [4.69, 9.17) is 0 Å². The summed E-state index contributed by atoms with van der Waals surface area (Å²) >= 11 is 0. The quantitative estimate of drug-likeness (QED) is 0.812. The van der Waals surface area contributed by atoms with Crippen LogP contribution in [0.15, 0.2) is 0 Å². The van der Waals surface area contributed by atoms with Crippen molar-refractivity contribution in [2.24, 2.45) is 0 Å². The Morgan fingerprint density at radius 3 is 2.24 bits per heavy atom. The Kier molecular flexibility index (Phi) is 3.82. The van der Waals surface area contributed by atoms with Crippen LogP contribution in [0.1, 0.15) is 53.8 Å². The number of likely N-dealkylation sites (tertiary alicyclic amines) is 1. The summed E-state index contributed by atoms with van der Waals surface area (Å²) < 4.78 is 0. The molecule has 0 aliphatic carbocycles. The number of rotatable bonds is 1. The molecule has 4 nitrogen and oxygen atoms in total. The van der Waals surface area contributed by atoms with Gasteiger partial charge in [0.2, 0.25) is 0 Å². The molecule has 1 aromatic heterocycles. The molecule has 94 valence electrons. The van der Waals surface area contributed by atoms with Crippen LogP contribution < -0.4 is 0 Å². The molecule has 4 heteroatoms. The molecule has 0 saturated carbocycles. The van der Waals surface area contributed by atoms with Gasteiger partial charge < -0.3 is 4.90 Å². The van der Waals surface area contributed by atoms with Gasteiger partial charge in [-0.2, -0.15) is 5.10 Å². The van der Waals surface area contributed by atoms with Crippen molar-refractivity contribution in [3.05, 3.63) is 17.0 Å². The standard InChI is InChI=1S/C13H21N3O/c1-10-12(11(2)15-14-10)13(17)16-8-6-4-3-5-7-9-16/h3-9H2,1-2H3,(H,14,15). The van der Waals surface area contributed by atoms with E-state index >= 15 is 0 Å². The summed E-state index contributed by atoms with van der Waals surface area (Å²) in [6, 6.07) is 0. The highest BCUT2D eigenvalue weighted by Gasteiger charge is 2.21. The average molecular weight is 235 g/mol. The van der Waals surface area contributed by atoms with Crippen LogP contribution in [0.3, 0.4) is 0 Å². The van der Waals surface area contributed by atoms with Crippen LogP contribution in [0.2, 0.25) is 0 Å². The number of carbonyl (C=O) groups is 1. The van der Waals surface area contributed by atoms with Crippen molar-refractivity contribution in [1.29, 1.82) is 0 Å². The first-order chi connectivity index (χ1) is 8.20. The Balaban J connectivity index is 2.12. The van der Waals surface area contributed by atoms with Gasteiger partial charge in [0.1, 0.15) is 0 Å². The Bertz CT molecular complexity index is 370. The molecule has 0 radical (unpaired) electrons. The molecule has 0 unspecified atom stereocenters. The zero-order valence-electron chi connectivity index (χ0n) is 10.8. The molecule has 0 aromatic carbocycles. The van der Waals surface area contributed by atoms with Gasteiger partial charge in [0.25, 0.3) is 5.91 Å². The van der Waals surface area contributed by atoms with E-state index in [1.54, 1.807) is 0 Å². The topological polar surface area (TPSA) is 49.0 Å². The fourth-order valence-electron chi connectivity index (χ4n) is 2.47. The van der Waals surface area contributed by atoms with E-state index < -0.39 is 0 Å². The summed E-state index contributed by atoms with van der Waals surface area (Å²) in [5.74, 6) is 0.149. The van der Waals surface area contributed by atoms with Crippen LogP contribution in [0.4, 0.5) is 0 Å². The first kappa shape index (κ1) is 12.1. The summed E-state index contributed by atoms with van der Waals surface area (Å²) in [6.45, 7) is 5.59. The fraction of sp³-hybridized carbons (Fsp3) is 0.692. The van der Waals surface area contributed by atoms with Crippen molar-refractivity contribution in [2.45, 2.75) is 46.0 Å². The minimum atomic E-state index is 0.149. The number of amides is 1. The molecule has 0 spiro atoms. The lowest BCUT2D eigenvalue weighted by atomic mass is 10.1. The average Bonchev–Trinajstić information content (AvgIpc) is 2.57. The van der Waals surface area contributed by atoms with Crippen molar-refractivity contribution in [2.75, 3.05) is 13.1 Å². The molecule has 1 amide bonds. The molecular formula is C13H21N3O. The highest BCUT2D eigenvalue weighted by atomic mass is 16.2. The van der Waals surface area contributed by atoms with Crippen molar-refractivity contribution in [3.8, 4) is 0 Å². The molecular weight excluding hydrogens is 214 g/mol. The number of aromatic nitrogens is 2. The van der Waals surface area contributed by atoms with Gasteiger partial charge in [-0.15, -0.1) is 0 Å². The first-order valence-corrected chi connectivity index (χ1v) is 6.51. The van der Waals surface area contributed by atoms with E-state index in [0.29, 0.717) is 0 Å². The Labute approximate surface area is 102 Å². The predicted molar refractivity (Wildman–Crippen MR) is 67.1 cm³/mol. The van der Waals surface area contributed by atoms with E-state index in [1.807, 2.05) is 18.7 Å². The molecule has 1 fully saturated rings. The summed E-state index contributed by atoms with van der Waals surface area (Å²) in [4.78, 5) is 14.4. The minimum Gasteiger partial charge on any atom is -0.339 e. The van der Waals surface area contributed by atoms with Gasteiger partial charge in [-0.05, 0) is 26.7 Å². The largest absolute Gasteiger partial charge is 0.339 e. The monoisotopic (exact) mass is 235 g/mol. The van der Waals surface area contributed by atoms with Crippen molar-refractivity contribution in [1.82, 2.24) is 15.1 Å². The van der Waals surface area contributed by atoms with Gasteiger partial charge in [-0.25, -0.2) is 0 Å². The van der Waals surface area contributed by atoms with E-state index in [1.165, 1.54) is 19.3 Å². The van der Waals surface area contributed by atoms with Crippen LogP contribution in [0, 0.1) is 13.8 Å². The van der Waals surface area contributed by atoms with E-state index in [0.717, 1.165) is 42.9 Å². The molecule has 1 saturated heterocycles. The van der Waals surface area contributed by atoms with E-state index in [9.17, 15) is 4.79 Å². The maximum atomic E-state index is 12.4. The first-order valence-electron chi connectivity index (χ1n) is 6.51. The van der Waals surface area contributed by atoms with Crippen molar-refractivity contribution in [3.63, 3.8) is 0 Å². The SMILES string of the molecule is Cc1n[nH]c(C)c1C(=O)N1CCCCCCC1. The van der Waals surface area contributed by atoms with Crippen LogP contribution in [0.25, 0.3) is 0 Å². The number of nitrogens with zero attached hydrogens (tertiary/aromatic N) is 2. The van der Waals surface area contributed by atoms with E-state index in [2.05, 4.69) is 10.2 Å². The summed E-state index contributed by atoms with van der Waals surface area (Å²) in [7, 11) is 0. The van der Waals surface area contributed by atoms with Gasteiger partial charge in [0, 0.05) is 18.8 Å². The number of carbonyl (C=O) groups excluding carboxylic acids is 1. The molecule has 2 rings (SSSR count). The van der Waals surface area contributed by atoms with Gasteiger partial charge in [0.05, 0.1) is 11.3 Å². The Morgan fingerprint density at radius 1 is 1.12 bits per heavy atom. The number of aromatic amines is 1. The second-order valence-corrected chi connectivity index (χ2v) is 4.87. The predicted octanol–water partition coefficient (Wildman–Crippen LogP) is 2.43. The number of hydrogen-bond donors (Lipinski definition) is 1. The maximum Gasteiger partial charge on any atom is 0.257 e. The van der Waals surface area contributed by atoms with Crippen LogP contribution in [-0.4, -0.2) is 34.1 Å². The molecule has 17 heavy (non-hydrogen) atoms. The van der Waals surface area contributed by atoms with Crippen LogP contribution >= 0.6 is 0 Å². The normalized spacial score (nSPS) is 17.6. The third-order valence-electron chi connectivity index (χ3n) is 3.49. The highest BCUT2D eigenvalue weighted by Crippen LogP contribution is 2.16. The molecule has 1 N–H and O–H groups in total. The van der Waals surface area contributed by atoms with Gasteiger partial charge in [0.15, 0.2) is 0 Å². The maximum absolute atomic E-state index is 12.4. The number of nitrogens with one attached hydrogen (secondary N) is 1. The lowest BCUT2D eigenvalue weighted by Crippen LogP contribution is -2.34. The van der Waals surface area contributed by atoms with Gasteiger partial charge in [-0.3, -0.25) is 9.89 Å². The Morgan fingerprint density at radius 2 is 1.71 bits per heavy atom. The van der Waals surface area contributed by atoms with Gasteiger partial charge in [-0.1, -0.05) is 19.3 Å². The molecule has 1 aromatic rings. The van der Waals surface area contributed by atoms with Crippen LogP contribution in [0.5, 0.6) is 0 Å². The number of hydrogen-bond acceptors (Lipinski definition) is 2. The number of H-pyrrole nitrogens is 1. The second kappa shape index (κ2) is 5.34. The smallest absolute Gasteiger partial charge is 0.257 e. The lowest BCUT2D eigenvalue weighted by Gasteiger charge is -2.24. The summed E-state index contributed by atoms with van der Waals surface area (Å²) in [5, 5.41) is 6.99. The third-order valence-corrected chi connectivity index (χ3v) is 3.49. The van der Waals surface area contributed by atoms with Crippen LogP contribution in [-0.2, 0) is 0 Å². The molecule has 2 heterocycles. The molecule has 1 aliphatic rings. The Hall–Kier alpha value is -1.32. The lowest BCUT2D eigenvalue weighted by molar-refractivity contribution is 0.0741. The molecule has 0 bridgehead atoms. The van der Waals surface area contributed by atoms with Gasteiger partial charge >= 0.3 is 0 Å². The highest BCUT2D eigenvalue weighted by molar-refractivity contribution is 5.96. The van der Waals surface area contributed by atoms with Crippen molar-refractivity contribution < 1.29 is 4.79 Å². The molecule has 0 atom stereocenters. The summed E-state index contributed by atoms with van der Waals surface area (Å²) in [6.07, 6.45) is 6.05. The van der Waals surface area contributed by atoms with Crippen molar-refractivity contribution >= 4 is 5.91 Å². The third kappa shape index (κ3) is 2.68. The summed E-state index contributed by atoms with van der Waals surface area (Å²) in [5.41, 5.74) is 2.47. The fourth-order valence-corrected chi connectivity index (χ4v) is 2.47. The number of aryl methyl sites for hydroxylation is 2. The zero-order valence-corrected chi connectivity index (χ0v) is 10.8. The molecule has 1 aliphatic heterocycles. The minimum absolute atomic E-state index is 0.149.